The Hall–Kier alpha value is -0.570. The van der Waals surface area contributed by atoms with Gasteiger partial charge in [0.15, 0.2) is 0 Å². The second-order valence-corrected chi connectivity index (χ2v) is 7.53. The Bertz CT molecular complexity index is 317. The van der Waals surface area contributed by atoms with E-state index in [2.05, 4.69) is 12.2 Å². The number of nitrogens with two attached hydrogens (primary N) is 1. The third-order valence-corrected chi connectivity index (χ3v) is 6.05. The summed E-state index contributed by atoms with van der Waals surface area (Å²) >= 11 is 0. The minimum Gasteiger partial charge on any atom is -0.370 e. The van der Waals surface area contributed by atoms with Crippen molar-refractivity contribution in [2.75, 3.05) is 6.54 Å². The van der Waals surface area contributed by atoms with Crippen molar-refractivity contribution in [3.8, 4) is 0 Å². The van der Waals surface area contributed by atoms with Crippen molar-refractivity contribution in [3.05, 3.63) is 0 Å². The van der Waals surface area contributed by atoms with Gasteiger partial charge < -0.3 is 11.1 Å². The number of primary amides is 1. The number of rotatable bonds is 6. The Morgan fingerprint density at radius 3 is 2.21 bits per heavy atom. The normalized spacial score (nSPS) is 41.4. The lowest BCUT2D eigenvalue weighted by Crippen LogP contribution is -2.55. The number of carbonyl (C=O) groups is 1. The van der Waals surface area contributed by atoms with Gasteiger partial charge >= 0.3 is 0 Å². The Morgan fingerprint density at radius 2 is 1.74 bits per heavy atom. The average molecular weight is 264 g/mol. The monoisotopic (exact) mass is 264 g/mol. The van der Waals surface area contributed by atoms with Gasteiger partial charge in [-0.25, -0.2) is 0 Å². The SMILES string of the molecule is CC(NCCCC(N)=O)C12CC3CC(CC(C3)C1)C2. The Kier molecular flexibility index (Phi) is 3.59. The smallest absolute Gasteiger partial charge is 0.217 e. The first-order valence-corrected chi connectivity index (χ1v) is 8.09. The van der Waals surface area contributed by atoms with Crippen molar-refractivity contribution in [2.45, 2.75) is 64.3 Å². The van der Waals surface area contributed by atoms with E-state index in [0.29, 0.717) is 17.9 Å². The van der Waals surface area contributed by atoms with Gasteiger partial charge in [-0.05, 0) is 81.6 Å². The van der Waals surface area contributed by atoms with Crippen molar-refractivity contribution in [2.24, 2.45) is 28.9 Å². The van der Waals surface area contributed by atoms with Crippen molar-refractivity contribution in [1.82, 2.24) is 5.32 Å². The molecule has 0 heterocycles. The minimum absolute atomic E-state index is 0.177. The molecule has 0 spiro atoms. The van der Waals surface area contributed by atoms with E-state index < -0.39 is 0 Å². The van der Waals surface area contributed by atoms with Crippen LogP contribution in [0.1, 0.15) is 58.3 Å². The Balaban J connectivity index is 1.54. The van der Waals surface area contributed by atoms with Crippen molar-refractivity contribution in [3.63, 3.8) is 0 Å². The summed E-state index contributed by atoms with van der Waals surface area (Å²) in [6, 6.07) is 0.605. The van der Waals surface area contributed by atoms with Crippen LogP contribution >= 0.6 is 0 Å². The van der Waals surface area contributed by atoms with Gasteiger partial charge in [-0.2, -0.15) is 0 Å². The molecule has 4 aliphatic rings. The fourth-order valence-electron chi connectivity index (χ4n) is 5.51. The van der Waals surface area contributed by atoms with Crippen molar-refractivity contribution in [1.29, 1.82) is 0 Å². The van der Waals surface area contributed by atoms with Crippen LogP contribution in [0.25, 0.3) is 0 Å². The number of hydrogen-bond donors (Lipinski definition) is 2. The highest BCUT2D eigenvalue weighted by Crippen LogP contribution is 2.61. The molecular weight excluding hydrogens is 236 g/mol. The van der Waals surface area contributed by atoms with E-state index in [9.17, 15) is 4.79 Å². The number of hydrogen-bond acceptors (Lipinski definition) is 2. The lowest BCUT2D eigenvalue weighted by molar-refractivity contribution is -0.118. The first-order chi connectivity index (χ1) is 9.07. The molecule has 0 aromatic rings. The first-order valence-electron chi connectivity index (χ1n) is 8.09. The summed E-state index contributed by atoms with van der Waals surface area (Å²) in [5.74, 6) is 2.87. The van der Waals surface area contributed by atoms with E-state index in [1.165, 1.54) is 38.5 Å². The van der Waals surface area contributed by atoms with Gasteiger partial charge in [-0.3, -0.25) is 4.79 Å². The second-order valence-electron chi connectivity index (χ2n) is 7.53. The van der Waals surface area contributed by atoms with E-state index in [0.717, 1.165) is 30.7 Å². The number of nitrogens with one attached hydrogen (secondary N) is 1. The molecule has 4 bridgehead atoms. The Labute approximate surface area is 116 Å². The van der Waals surface area contributed by atoms with Crippen molar-refractivity contribution < 1.29 is 4.79 Å². The van der Waals surface area contributed by atoms with Gasteiger partial charge in [0.2, 0.25) is 5.91 Å². The number of carbonyl (C=O) groups excluding carboxylic acids is 1. The van der Waals surface area contributed by atoms with Crippen LogP contribution in [0.2, 0.25) is 0 Å². The van der Waals surface area contributed by atoms with Crippen molar-refractivity contribution >= 4 is 5.91 Å². The zero-order chi connectivity index (χ0) is 13.5. The van der Waals surface area contributed by atoms with Gasteiger partial charge in [0.25, 0.3) is 0 Å². The molecule has 19 heavy (non-hydrogen) atoms. The molecule has 1 atom stereocenters. The molecule has 108 valence electrons. The lowest BCUT2D eigenvalue weighted by atomic mass is 9.48. The summed E-state index contributed by atoms with van der Waals surface area (Å²) in [5.41, 5.74) is 5.76. The highest BCUT2D eigenvalue weighted by atomic mass is 16.1. The fraction of sp³-hybridized carbons (Fsp3) is 0.938. The maximum Gasteiger partial charge on any atom is 0.217 e. The molecule has 3 nitrogen and oxygen atoms in total. The van der Waals surface area contributed by atoms with Crippen LogP contribution in [-0.2, 0) is 4.79 Å². The molecule has 0 saturated heterocycles. The molecule has 4 aliphatic carbocycles. The molecule has 0 aromatic heterocycles. The van der Waals surface area contributed by atoms with Crippen LogP contribution < -0.4 is 11.1 Å². The summed E-state index contributed by atoms with van der Waals surface area (Å²) in [6.45, 7) is 3.31. The fourth-order valence-corrected chi connectivity index (χ4v) is 5.51. The zero-order valence-corrected chi connectivity index (χ0v) is 12.2. The highest BCUT2D eigenvalue weighted by molar-refractivity contribution is 5.73. The minimum atomic E-state index is -0.177. The zero-order valence-electron chi connectivity index (χ0n) is 12.2. The van der Waals surface area contributed by atoms with Crippen LogP contribution in [0.3, 0.4) is 0 Å². The van der Waals surface area contributed by atoms with Crippen LogP contribution in [0.5, 0.6) is 0 Å². The van der Waals surface area contributed by atoms with E-state index >= 15 is 0 Å². The number of amides is 1. The quantitative estimate of drug-likeness (QED) is 0.724. The molecule has 0 aromatic carbocycles. The molecule has 0 aliphatic heterocycles. The van der Waals surface area contributed by atoms with Crippen LogP contribution in [0.4, 0.5) is 0 Å². The van der Waals surface area contributed by atoms with Gasteiger partial charge in [-0.1, -0.05) is 0 Å². The summed E-state index contributed by atoms with van der Waals surface area (Å²) in [5, 5.41) is 3.69. The molecule has 4 fully saturated rings. The van der Waals surface area contributed by atoms with E-state index in [1.54, 1.807) is 0 Å². The molecule has 3 heteroatoms. The van der Waals surface area contributed by atoms with E-state index in [4.69, 9.17) is 5.73 Å². The summed E-state index contributed by atoms with van der Waals surface area (Å²) in [6.07, 6.45) is 10.3. The molecular formula is C16H28N2O. The molecule has 0 radical (unpaired) electrons. The first kappa shape index (κ1) is 13.4. The molecule has 4 rings (SSSR count). The summed E-state index contributed by atoms with van der Waals surface area (Å²) in [7, 11) is 0. The lowest BCUT2D eigenvalue weighted by Gasteiger charge is -2.59. The third-order valence-electron chi connectivity index (χ3n) is 6.05. The van der Waals surface area contributed by atoms with Crippen LogP contribution in [-0.4, -0.2) is 18.5 Å². The van der Waals surface area contributed by atoms with Gasteiger partial charge in [0.1, 0.15) is 0 Å². The van der Waals surface area contributed by atoms with Gasteiger partial charge in [0, 0.05) is 12.5 Å². The van der Waals surface area contributed by atoms with Gasteiger partial charge in [-0.15, -0.1) is 0 Å². The Morgan fingerprint density at radius 1 is 1.21 bits per heavy atom. The topological polar surface area (TPSA) is 55.1 Å². The summed E-state index contributed by atoms with van der Waals surface area (Å²) < 4.78 is 0. The second kappa shape index (κ2) is 5.08. The predicted molar refractivity (Wildman–Crippen MR) is 76.5 cm³/mol. The average Bonchev–Trinajstić information content (AvgIpc) is 2.32. The molecule has 1 amide bonds. The largest absolute Gasteiger partial charge is 0.370 e. The summed E-state index contributed by atoms with van der Waals surface area (Å²) in [4.78, 5) is 10.8. The maximum absolute atomic E-state index is 10.8. The predicted octanol–water partition coefficient (Wildman–Crippen LogP) is 2.45. The van der Waals surface area contributed by atoms with E-state index in [-0.39, 0.29) is 5.91 Å². The molecule has 1 unspecified atom stereocenters. The van der Waals surface area contributed by atoms with Gasteiger partial charge in [0.05, 0.1) is 0 Å². The van der Waals surface area contributed by atoms with E-state index in [1.807, 2.05) is 0 Å². The molecule has 4 saturated carbocycles. The highest BCUT2D eigenvalue weighted by Gasteiger charge is 2.52. The third kappa shape index (κ3) is 2.67. The van der Waals surface area contributed by atoms with Crippen LogP contribution in [0.15, 0.2) is 0 Å². The molecule has 3 N–H and O–H groups in total. The van der Waals surface area contributed by atoms with Crippen LogP contribution in [0, 0.1) is 23.2 Å². The standard InChI is InChI=1S/C16H28N2O/c1-11(18-4-2-3-15(17)19)16-8-12-5-13(9-16)7-14(6-12)10-16/h11-14,18H,2-10H2,1H3,(H2,17,19). The maximum atomic E-state index is 10.8.